The quantitative estimate of drug-likeness (QED) is 0.661. The molecule has 0 fully saturated rings. The zero-order chi connectivity index (χ0) is 8.81. The lowest BCUT2D eigenvalue weighted by Gasteiger charge is -2.00. The van der Waals surface area contributed by atoms with Crippen LogP contribution in [0, 0.1) is 11.3 Å². The van der Waals surface area contributed by atoms with Gasteiger partial charge >= 0.3 is 0 Å². The smallest absolute Gasteiger partial charge is 0.212 e. The molecule has 3 nitrogen and oxygen atoms in total. The summed E-state index contributed by atoms with van der Waals surface area (Å²) in [5, 5.41) is 8.62. The minimum atomic E-state index is 0.506. The van der Waals surface area contributed by atoms with Gasteiger partial charge in [0.1, 0.15) is 6.07 Å². The standard InChI is InChI=1S/C8H11N3S/c1-2-12-6-5-11-4-3-10-8(11)7-9/h3-4H,2,5-6H2,1H3. The fourth-order valence-corrected chi connectivity index (χ4v) is 1.52. The lowest BCUT2D eigenvalue weighted by atomic mass is 10.6. The Balaban J connectivity index is 2.46. The average Bonchev–Trinajstić information content (AvgIpc) is 2.52. The van der Waals surface area contributed by atoms with E-state index in [1.54, 1.807) is 6.20 Å². The largest absolute Gasteiger partial charge is 0.322 e. The number of nitrogens with zero attached hydrogens (tertiary/aromatic N) is 3. The van der Waals surface area contributed by atoms with E-state index in [9.17, 15) is 0 Å². The summed E-state index contributed by atoms with van der Waals surface area (Å²) in [7, 11) is 0. The third-order valence-corrected chi connectivity index (χ3v) is 2.38. The van der Waals surface area contributed by atoms with Crippen LogP contribution in [0.4, 0.5) is 0 Å². The topological polar surface area (TPSA) is 41.6 Å². The van der Waals surface area contributed by atoms with E-state index >= 15 is 0 Å². The first kappa shape index (κ1) is 9.14. The van der Waals surface area contributed by atoms with E-state index in [0.29, 0.717) is 5.82 Å². The number of thioether (sulfide) groups is 1. The first-order valence-electron chi connectivity index (χ1n) is 3.87. The summed E-state index contributed by atoms with van der Waals surface area (Å²) in [5.74, 6) is 2.67. The van der Waals surface area contributed by atoms with Crippen molar-refractivity contribution >= 4 is 11.8 Å². The van der Waals surface area contributed by atoms with E-state index in [1.165, 1.54) is 0 Å². The molecule has 0 aliphatic carbocycles. The number of rotatable bonds is 4. The van der Waals surface area contributed by atoms with Gasteiger partial charge in [0.15, 0.2) is 0 Å². The van der Waals surface area contributed by atoms with Crippen molar-refractivity contribution in [3.8, 4) is 6.07 Å². The van der Waals surface area contributed by atoms with Gasteiger partial charge in [0, 0.05) is 24.7 Å². The van der Waals surface area contributed by atoms with Gasteiger partial charge in [-0.15, -0.1) is 0 Å². The molecule has 1 rings (SSSR count). The molecule has 0 bridgehead atoms. The van der Waals surface area contributed by atoms with Crippen molar-refractivity contribution in [2.75, 3.05) is 11.5 Å². The lowest BCUT2D eigenvalue weighted by molar-refractivity contribution is 0.757. The molecule has 64 valence electrons. The van der Waals surface area contributed by atoms with Gasteiger partial charge in [-0.05, 0) is 5.75 Å². The molecule has 0 aliphatic rings. The average molecular weight is 181 g/mol. The van der Waals surface area contributed by atoms with Crippen LogP contribution in [0.5, 0.6) is 0 Å². The molecule has 0 aliphatic heterocycles. The van der Waals surface area contributed by atoms with Crippen molar-refractivity contribution in [2.45, 2.75) is 13.5 Å². The summed E-state index contributed by atoms with van der Waals surface area (Å²) in [4.78, 5) is 3.91. The zero-order valence-corrected chi connectivity index (χ0v) is 7.84. The third-order valence-electron chi connectivity index (χ3n) is 1.50. The van der Waals surface area contributed by atoms with Gasteiger partial charge in [0.05, 0.1) is 0 Å². The number of nitriles is 1. The highest BCUT2D eigenvalue weighted by atomic mass is 32.2. The lowest BCUT2D eigenvalue weighted by Crippen LogP contribution is -2.02. The van der Waals surface area contributed by atoms with Gasteiger partial charge in [-0.25, -0.2) is 4.98 Å². The molecule has 0 radical (unpaired) electrons. The van der Waals surface area contributed by atoms with Crippen LogP contribution in [0.1, 0.15) is 12.7 Å². The van der Waals surface area contributed by atoms with Crippen molar-refractivity contribution < 1.29 is 0 Å². The molecule has 4 heteroatoms. The predicted molar refractivity (Wildman–Crippen MR) is 49.9 cm³/mol. The second kappa shape index (κ2) is 4.83. The van der Waals surface area contributed by atoms with Gasteiger partial charge in [0.2, 0.25) is 5.82 Å². The Kier molecular flexibility index (Phi) is 3.68. The van der Waals surface area contributed by atoms with Gasteiger partial charge in [-0.2, -0.15) is 17.0 Å². The van der Waals surface area contributed by atoms with Crippen LogP contribution < -0.4 is 0 Å². The highest BCUT2D eigenvalue weighted by Crippen LogP contribution is 2.02. The molecule has 1 heterocycles. The Morgan fingerprint density at radius 1 is 1.75 bits per heavy atom. The maximum absolute atomic E-state index is 8.62. The summed E-state index contributed by atoms with van der Waals surface area (Å²) in [6, 6.07) is 2.05. The molecule has 0 amide bonds. The van der Waals surface area contributed by atoms with Crippen LogP contribution in [0.15, 0.2) is 12.4 Å². The highest BCUT2D eigenvalue weighted by molar-refractivity contribution is 7.99. The van der Waals surface area contributed by atoms with E-state index < -0.39 is 0 Å². The molecule has 1 aromatic heterocycles. The Labute approximate surface area is 76.4 Å². The normalized spacial score (nSPS) is 9.67. The molecule has 0 saturated carbocycles. The Hall–Kier alpha value is -0.950. The minimum Gasteiger partial charge on any atom is -0.322 e. The van der Waals surface area contributed by atoms with Crippen LogP contribution >= 0.6 is 11.8 Å². The summed E-state index contributed by atoms with van der Waals surface area (Å²) in [6.07, 6.45) is 3.50. The molecular formula is C8H11N3S. The van der Waals surface area contributed by atoms with Crippen LogP contribution in [0.3, 0.4) is 0 Å². The van der Waals surface area contributed by atoms with Crippen LogP contribution in [-0.2, 0) is 6.54 Å². The Morgan fingerprint density at radius 2 is 2.58 bits per heavy atom. The van der Waals surface area contributed by atoms with Crippen molar-refractivity contribution in [3.63, 3.8) is 0 Å². The number of hydrogen-bond acceptors (Lipinski definition) is 3. The van der Waals surface area contributed by atoms with E-state index in [0.717, 1.165) is 18.1 Å². The predicted octanol–water partition coefficient (Wildman–Crippen LogP) is 1.51. The number of aromatic nitrogens is 2. The van der Waals surface area contributed by atoms with Crippen LogP contribution in [0.2, 0.25) is 0 Å². The van der Waals surface area contributed by atoms with Gasteiger partial charge in [-0.1, -0.05) is 6.92 Å². The summed E-state index contributed by atoms with van der Waals surface area (Å²) < 4.78 is 1.88. The van der Waals surface area contributed by atoms with Crippen molar-refractivity contribution in [3.05, 3.63) is 18.2 Å². The second-order valence-electron chi connectivity index (χ2n) is 2.25. The van der Waals surface area contributed by atoms with Crippen LogP contribution in [-0.4, -0.2) is 21.1 Å². The first-order chi connectivity index (χ1) is 5.88. The van der Waals surface area contributed by atoms with Crippen molar-refractivity contribution in [1.82, 2.24) is 9.55 Å². The summed E-state index contributed by atoms with van der Waals surface area (Å²) >= 11 is 1.87. The van der Waals surface area contributed by atoms with Crippen molar-refractivity contribution in [1.29, 1.82) is 5.26 Å². The molecule has 0 N–H and O–H groups in total. The number of imidazole rings is 1. The van der Waals surface area contributed by atoms with Gasteiger partial charge < -0.3 is 4.57 Å². The Bertz CT molecular complexity index is 274. The fourth-order valence-electron chi connectivity index (χ4n) is 0.910. The van der Waals surface area contributed by atoms with Gasteiger partial charge in [0.25, 0.3) is 0 Å². The summed E-state index contributed by atoms with van der Waals surface area (Å²) in [6.45, 7) is 3.01. The van der Waals surface area contributed by atoms with E-state index in [4.69, 9.17) is 5.26 Å². The van der Waals surface area contributed by atoms with E-state index in [-0.39, 0.29) is 0 Å². The SMILES string of the molecule is CCSCCn1ccnc1C#N. The van der Waals surface area contributed by atoms with Crippen LogP contribution in [0.25, 0.3) is 0 Å². The van der Waals surface area contributed by atoms with E-state index in [1.807, 2.05) is 28.6 Å². The number of aryl methyl sites for hydroxylation is 1. The fraction of sp³-hybridized carbons (Fsp3) is 0.500. The van der Waals surface area contributed by atoms with Crippen molar-refractivity contribution in [2.24, 2.45) is 0 Å². The Morgan fingerprint density at radius 3 is 3.25 bits per heavy atom. The maximum Gasteiger partial charge on any atom is 0.212 e. The second-order valence-corrected chi connectivity index (χ2v) is 3.65. The minimum absolute atomic E-state index is 0.506. The molecule has 0 unspecified atom stereocenters. The summed E-state index contributed by atoms with van der Waals surface area (Å²) in [5.41, 5.74) is 0. The molecule has 0 aromatic carbocycles. The molecule has 0 atom stereocenters. The zero-order valence-electron chi connectivity index (χ0n) is 7.03. The molecule has 1 aromatic rings. The molecule has 12 heavy (non-hydrogen) atoms. The highest BCUT2D eigenvalue weighted by Gasteiger charge is 1.98. The molecule has 0 spiro atoms. The van der Waals surface area contributed by atoms with E-state index in [2.05, 4.69) is 11.9 Å². The molecule has 0 saturated heterocycles. The monoisotopic (exact) mass is 181 g/mol. The molecular weight excluding hydrogens is 170 g/mol. The maximum atomic E-state index is 8.62. The third kappa shape index (κ3) is 2.28. The first-order valence-corrected chi connectivity index (χ1v) is 5.03. The van der Waals surface area contributed by atoms with Gasteiger partial charge in [-0.3, -0.25) is 0 Å². The number of hydrogen-bond donors (Lipinski definition) is 0.